The fraction of sp³-hybridized carbons (Fsp3) is 0.588. The van der Waals surface area contributed by atoms with Crippen molar-refractivity contribution >= 4 is 17.7 Å². The summed E-state index contributed by atoms with van der Waals surface area (Å²) in [5.41, 5.74) is 0.476. The van der Waals surface area contributed by atoms with Crippen LogP contribution in [0.3, 0.4) is 0 Å². The lowest BCUT2D eigenvalue weighted by molar-refractivity contribution is -0.137. The second-order valence-corrected chi connectivity index (χ2v) is 6.54. The second-order valence-electron chi connectivity index (χ2n) is 6.54. The molecule has 142 valence electrons. The number of aromatic nitrogens is 1. The number of morpholine rings is 1. The molecule has 2 aliphatic heterocycles. The molecule has 3 heterocycles. The van der Waals surface area contributed by atoms with E-state index in [2.05, 4.69) is 15.6 Å². The van der Waals surface area contributed by atoms with Gasteiger partial charge in [-0.3, -0.25) is 19.3 Å². The van der Waals surface area contributed by atoms with Gasteiger partial charge in [0, 0.05) is 38.9 Å². The normalized spacial score (nSPS) is 23.7. The van der Waals surface area contributed by atoms with Crippen molar-refractivity contribution in [2.24, 2.45) is 0 Å². The van der Waals surface area contributed by atoms with E-state index in [1.165, 1.54) is 0 Å². The molecule has 3 amide bonds. The van der Waals surface area contributed by atoms with Gasteiger partial charge in [-0.1, -0.05) is 0 Å². The van der Waals surface area contributed by atoms with Crippen molar-refractivity contribution in [1.82, 2.24) is 25.4 Å². The molecule has 0 unspecified atom stereocenters. The van der Waals surface area contributed by atoms with E-state index < -0.39 is 6.04 Å². The number of hydrogen-bond donors (Lipinski definition) is 3. The van der Waals surface area contributed by atoms with E-state index in [4.69, 9.17) is 4.74 Å². The Morgan fingerprint density at radius 3 is 2.73 bits per heavy atom. The Hall–Kier alpha value is -2.39. The molecule has 0 spiro atoms. The lowest BCUT2D eigenvalue weighted by Crippen LogP contribution is -2.49. The van der Waals surface area contributed by atoms with Crippen LogP contribution in [0.1, 0.15) is 16.9 Å². The molecule has 0 bridgehead atoms. The second kappa shape index (κ2) is 8.33. The van der Waals surface area contributed by atoms with Crippen molar-refractivity contribution < 1.29 is 19.1 Å². The average Bonchev–Trinajstić information content (AvgIpc) is 3.32. The van der Waals surface area contributed by atoms with Crippen LogP contribution in [0, 0.1) is 0 Å². The number of ether oxygens (including phenoxy) is 1. The highest BCUT2D eigenvalue weighted by Crippen LogP contribution is 2.19. The van der Waals surface area contributed by atoms with Crippen LogP contribution < -0.4 is 10.6 Å². The van der Waals surface area contributed by atoms with Crippen molar-refractivity contribution in [1.29, 1.82) is 0 Å². The van der Waals surface area contributed by atoms with E-state index in [-0.39, 0.29) is 30.3 Å². The molecule has 9 heteroatoms. The summed E-state index contributed by atoms with van der Waals surface area (Å²) in [6.45, 7) is 2.85. The van der Waals surface area contributed by atoms with E-state index >= 15 is 0 Å². The van der Waals surface area contributed by atoms with Gasteiger partial charge in [-0.25, -0.2) is 0 Å². The fourth-order valence-corrected chi connectivity index (χ4v) is 3.44. The average molecular weight is 363 g/mol. The van der Waals surface area contributed by atoms with Gasteiger partial charge in [0.1, 0.15) is 5.69 Å². The van der Waals surface area contributed by atoms with Gasteiger partial charge in [-0.15, -0.1) is 0 Å². The number of nitrogens with zero attached hydrogens (tertiary/aromatic N) is 2. The molecular formula is C17H25N5O4. The zero-order valence-corrected chi connectivity index (χ0v) is 14.9. The third-order valence-corrected chi connectivity index (χ3v) is 4.83. The van der Waals surface area contributed by atoms with Crippen LogP contribution in [0.5, 0.6) is 0 Å². The van der Waals surface area contributed by atoms with Gasteiger partial charge >= 0.3 is 0 Å². The van der Waals surface area contributed by atoms with Crippen molar-refractivity contribution in [3.05, 3.63) is 24.0 Å². The van der Waals surface area contributed by atoms with Gasteiger partial charge in [0.2, 0.25) is 11.8 Å². The van der Waals surface area contributed by atoms with Gasteiger partial charge in [0.25, 0.3) is 5.91 Å². The summed E-state index contributed by atoms with van der Waals surface area (Å²) in [5, 5.41) is 5.58. The molecule has 9 nitrogen and oxygen atoms in total. The van der Waals surface area contributed by atoms with Crippen LogP contribution >= 0.6 is 0 Å². The summed E-state index contributed by atoms with van der Waals surface area (Å²) < 4.78 is 5.27. The largest absolute Gasteiger partial charge is 0.378 e. The predicted molar refractivity (Wildman–Crippen MR) is 93.5 cm³/mol. The fourth-order valence-electron chi connectivity index (χ4n) is 3.44. The van der Waals surface area contributed by atoms with E-state index in [1.54, 1.807) is 30.3 Å². The maximum absolute atomic E-state index is 12.5. The zero-order chi connectivity index (χ0) is 18.5. The molecule has 2 aliphatic rings. The molecule has 3 N–H and O–H groups in total. The molecule has 2 saturated heterocycles. The molecule has 1 aromatic heterocycles. The number of H-pyrrole nitrogens is 1. The standard InChI is InChI=1S/C17H25N5O4/c1-18-17(25)14-9-12(20-16(24)13-3-2-4-19-13)10-22(14)11-15(23)21-5-7-26-8-6-21/h2-4,12,14,19H,5-11H2,1H3,(H,18,25)(H,20,24)/t12-,14+/m1/s1. The molecule has 0 aliphatic carbocycles. The zero-order valence-electron chi connectivity index (χ0n) is 14.9. The number of carbonyl (C=O) groups is 3. The van der Waals surface area contributed by atoms with E-state index in [9.17, 15) is 14.4 Å². The van der Waals surface area contributed by atoms with Crippen LogP contribution in [-0.4, -0.2) is 91.0 Å². The lowest BCUT2D eigenvalue weighted by atomic mass is 10.1. The Morgan fingerprint density at radius 1 is 1.31 bits per heavy atom. The first-order chi connectivity index (χ1) is 12.6. The molecule has 2 fully saturated rings. The maximum atomic E-state index is 12.5. The highest BCUT2D eigenvalue weighted by atomic mass is 16.5. The quantitative estimate of drug-likeness (QED) is 0.609. The van der Waals surface area contributed by atoms with Gasteiger partial charge in [0.15, 0.2) is 0 Å². The van der Waals surface area contributed by atoms with Gasteiger partial charge in [-0.2, -0.15) is 0 Å². The van der Waals surface area contributed by atoms with Crippen LogP contribution in [-0.2, 0) is 14.3 Å². The summed E-state index contributed by atoms with van der Waals surface area (Å²) in [6, 6.07) is 2.83. The molecule has 0 radical (unpaired) electrons. The molecule has 0 saturated carbocycles. The molecule has 26 heavy (non-hydrogen) atoms. The summed E-state index contributed by atoms with van der Waals surface area (Å²) >= 11 is 0. The van der Waals surface area contributed by atoms with Gasteiger partial charge < -0.3 is 25.3 Å². The van der Waals surface area contributed by atoms with Crippen LogP contribution in [0.15, 0.2) is 18.3 Å². The van der Waals surface area contributed by atoms with Crippen molar-refractivity contribution in [3.8, 4) is 0 Å². The van der Waals surface area contributed by atoms with Crippen LogP contribution in [0.2, 0.25) is 0 Å². The lowest BCUT2D eigenvalue weighted by Gasteiger charge is -2.30. The minimum absolute atomic E-state index is 0.0152. The number of rotatable bonds is 5. The molecule has 0 aromatic carbocycles. The topological polar surface area (TPSA) is 107 Å². The minimum Gasteiger partial charge on any atom is -0.378 e. The first-order valence-corrected chi connectivity index (χ1v) is 8.84. The SMILES string of the molecule is CNC(=O)[C@@H]1C[C@@H](NC(=O)c2ccc[nH]2)CN1CC(=O)N1CCOCC1. The highest BCUT2D eigenvalue weighted by molar-refractivity contribution is 5.92. The van der Waals surface area contributed by atoms with E-state index in [1.807, 2.05) is 4.90 Å². The molecule has 2 atom stereocenters. The number of amides is 3. The molecule has 1 aromatic rings. The number of aromatic amines is 1. The third kappa shape index (κ3) is 4.23. The van der Waals surface area contributed by atoms with Crippen molar-refractivity contribution in [2.45, 2.75) is 18.5 Å². The number of likely N-dealkylation sites (tertiary alicyclic amines) is 1. The smallest absolute Gasteiger partial charge is 0.267 e. The molecule has 3 rings (SSSR count). The number of hydrogen-bond acceptors (Lipinski definition) is 5. The predicted octanol–water partition coefficient (Wildman–Crippen LogP) is -1.21. The number of likely N-dealkylation sites (N-methyl/N-ethyl adjacent to an activating group) is 1. The van der Waals surface area contributed by atoms with Gasteiger partial charge in [0.05, 0.1) is 25.8 Å². The molecular weight excluding hydrogens is 338 g/mol. The van der Waals surface area contributed by atoms with Crippen molar-refractivity contribution in [3.63, 3.8) is 0 Å². The number of nitrogens with one attached hydrogen (secondary N) is 3. The number of carbonyl (C=O) groups excluding carboxylic acids is 3. The summed E-state index contributed by atoms with van der Waals surface area (Å²) in [5.74, 6) is -0.369. The first-order valence-electron chi connectivity index (χ1n) is 8.84. The van der Waals surface area contributed by atoms with Crippen LogP contribution in [0.4, 0.5) is 0 Å². The maximum Gasteiger partial charge on any atom is 0.267 e. The van der Waals surface area contributed by atoms with Crippen LogP contribution in [0.25, 0.3) is 0 Å². The summed E-state index contributed by atoms with van der Waals surface area (Å²) in [4.78, 5) is 43.5. The third-order valence-electron chi connectivity index (χ3n) is 4.83. The monoisotopic (exact) mass is 363 g/mol. The highest BCUT2D eigenvalue weighted by Gasteiger charge is 2.38. The Morgan fingerprint density at radius 2 is 2.08 bits per heavy atom. The van der Waals surface area contributed by atoms with E-state index in [0.29, 0.717) is 45.0 Å². The Labute approximate surface area is 152 Å². The van der Waals surface area contributed by atoms with Crippen molar-refractivity contribution in [2.75, 3.05) is 46.4 Å². The summed E-state index contributed by atoms with van der Waals surface area (Å²) in [7, 11) is 1.58. The first kappa shape index (κ1) is 18.4. The Bertz CT molecular complexity index is 642. The summed E-state index contributed by atoms with van der Waals surface area (Å²) in [6.07, 6.45) is 2.16. The van der Waals surface area contributed by atoms with E-state index in [0.717, 1.165) is 0 Å². The minimum atomic E-state index is -0.432. The Balaban J connectivity index is 1.61. The van der Waals surface area contributed by atoms with Gasteiger partial charge in [-0.05, 0) is 18.6 Å². The Kier molecular flexibility index (Phi) is 5.89.